The summed E-state index contributed by atoms with van der Waals surface area (Å²) in [6, 6.07) is 1.69. The molecule has 11 heteroatoms. The summed E-state index contributed by atoms with van der Waals surface area (Å²) >= 11 is 7.21. The van der Waals surface area contributed by atoms with Gasteiger partial charge in [-0.05, 0) is 31.2 Å². The number of aromatic carboxylic acids is 1. The minimum Gasteiger partial charge on any atom is -0.477 e. The number of Topliss-reactive ketones (excluding diaryl/α,β-unsaturated/α-hetero) is 1. The lowest BCUT2D eigenvalue weighted by molar-refractivity contribution is 0.0702. The molecule has 31 heavy (non-hydrogen) atoms. The Labute approximate surface area is 188 Å². The maximum absolute atomic E-state index is 12.7. The highest BCUT2D eigenvalue weighted by Gasteiger charge is 2.31. The number of H-pyrrole nitrogens is 1. The maximum atomic E-state index is 12.7. The van der Waals surface area contributed by atoms with E-state index >= 15 is 0 Å². The molecule has 9 nitrogen and oxygen atoms in total. The molecule has 1 aliphatic rings. The Morgan fingerprint density at radius 1 is 1.42 bits per heavy atom. The van der Waals surface area contributed by atoms with E-state index in [1.165, 1.54) is 11.0 Å². The van der Waals surface area contributed by atoms with Crippen molar-refractivity contribution in [2.24, 2.45) is 18.9 Å². The van der Waals surface area contributed by atoms with Crippen LogP contribution >= 0.6 is 22.9 Å². The zero-order chi connectivity index (χ0) is 22.3. The number of carboxylic acid groups (broad SMARTS) is 1. The SMILES string of the molecule is Cc1[nH]c(C(=O)C[C@@H]2CCN(c3nc(-c4ncnn4C)c(C(=O)O)s3)C[C@@H]2C)cc1Cl. The van der Waals surface area contributed by atoms with Crippen molar-refractivity contribution < 1.29 is 14.7 Å². The molecule has 1 saturated heterocycles. The molecule has 0 aliphatic carbocycles. The Balaban J connectivity index is 1.48. The fourth-order valence-corrected chi connectivity index (χ4v) is 5.05. The Kier molecular flexibility index (Phi) is 5.85. The first-order valence-electron chi connectivity index (χ1n) is 9.96. The number of thiazole rings is 1. The molecular weight excluding hydrogens is 440 g/mol. The highest BCUT2D eigenvalue weighted by Crippen LogP contribution is 2.36. The smallest absolute Gasteiger partial charge is 0.348 e. The van der Waals surface area contributed by atoms with E-state index < -0.39 is 5.97 Å². The lowest BCUT2D eigenvalue weighted by Gasteiger charge is -2.36. The maximum Gasteiger partial charge on any atom is 0.348 e. The Bertz CT molecular complexity index is 1120. The first-order valence-corrected chi connectivity index (χ1v) is 11.2. The summed E-state index contributed by atoms with van der Waals surface area (Å²) in [6.07, 6.45) is 2.65. The van der Waals surface area contributed by atoms with Gasteiger partial charge in [0.05, 0.1) is 10.7 Å². The summed E-state index contributed by atoms with van der Waals surface area (Å²) < 4.78 is 1.51. The fraction of sp³-hybridized carbons (Fsp3) is 0.450. The minimum atomic E-state index is -1.03. The van der Waals surface area contributed by atoms with Crippen molar-refractivity contribution in [3.63, 3.8) is 0 Å². The number of hydrogen-bond acceptors (Lipinski definition) is 7. The number of carbonyl (C=O) groups excluding carboxylic acids is 1. The molecular formula is C20H23ClN6O3S. The summed E-state index contributed by atoms with van der Waals surface area (Å²) in [5.41, 5.74) is 1.68. The van der Waals surface area contributed by atoms with Crippen molar-refractivity contribution in [3.8, 4) is 11.5 Å². The van der Waals surface area contributed by atoms with Crippen LogP contribution in [-0.4, -0.2) is 54.7 Å². The second kappa shape index (κ2) is 8.43. The van der Waals surface area contributed by atoms with Crippen molar-refractivity contribution in [1.29, 1.82) is 0 Å². The largest absolute Gasteiger partial charge is 0.477 e. The Hall–Kier alpha value is -2.72. The van der Waals surface area contributed by atoms with E-state index in [1.54, 1.807) is 13.1 Å². The summed E-state index contributed by atoms with van der Waals surface area (Å²) in [5, 5.41) is 14.9. The normalized spacial score (nSPS) is 19.0. The third kappa shape index (κ3) is 4.22. The van der Waals surface area contributed by atoms with Gasteiger partial charge in [0.25, 0.3) is 0 Å². The molecule has 3 aromatic rings. The Morgan fingerprint density at radius 3 is 2.77 bits per heavy atom. The van der Waals surface area contributed by atoms with Crippen LogP contribution in [0.3, 0.4) is 0 Å². The number of anilines is 1. The molecule has 0 spiro atoms. The molecule has 1 fully saturated rings. The minimum absolute atomic E-state index is 0.0623. The number of aryl methyl sites for hydroxylation is 2. The molecule has 2 atom stereocenters. The third-order valence-corrected chi connectivity index (χ3v) is 7.28. The van der Waals surface area contributed by atoms with Crippen molar-refractivity contribution in [3.05, 3.63) is 33.7 Å². The number of nitrogens with one attached hydrogen (secondary N) is 1. The highest BCUT2D eigenvalue weighted by atomic mass is 35.5. The summed E-state index contributed by atoms with van der Waals surface area (Å²) in [4.78, 5) is 38.5. The van der Waals surface area contributed by atoms with Gasteiger partial charge >= 0.3 is 5.97 Å². The van der Waals surface area contributed by atoms with Gasteiger partial charge in [-0.1, -0.05) is 29.9 Å². The van der Waals surface area contributed by atoms with Crippen LogP contribution in [0.1, 0.15) is 45.6 Å². The van der Waals surface area contributed by atoms with Gasteiger partial charge in [0, 0.05) is 32.3 Å². The number of aromatic amines is 1. The lowest BCUT2D eigenvalue weighted by atomic mass is 9.83. The van der Waals surface area contributed by atoms with Crippen LogP contribution in [0.15, 0.2) is 12.4 Å². The van der Waals surface area contributed by atoms with E-state index in [0.717, 1.165) is 23.5 Å². The van der Waals surface area contributed by atoms with Gasteiger partial charge in [-0.2, -0.15) is 5.10 Å². The number of halogens is 1. The van der Waals surface area contributed by atoms with Gasteiger partial charge in [-0.3, -0.25) is 4.79 Å². The van der Waals surface area contributed by atoms with Crippen LogP contribution in [0, 0.1) is 18.8 Å². The molecule has 0 amide bonds. The predicted molar refractivity (Wildman–Crippen MR) is 118 cm³/mol. The van der Waals surface area contributed by atoms with E-state index in [9.17, 15) is 14.7 Å². The molecule has 2 N–H and O–H groups in total. The number of carboxylic acids is 1. The molecule has 4 rings (SSSR count). The van der Waals surface area contributed by atoms with Crippen molar-refractivity contribution >= 4 is 39.8 Å². The average molecular weight is 463 g/mol. The monoisotopic (exact) mass is 462 g/mol. The summed E-state index contributed by atoms with van der Waals surface area (Å²) in [7, 11) is 1.70. The van der Waals surface area contributed by atoms with E-state index in [4.69, 9.17) is 11.6 Å². The standard InChI is InChI=1S/C20H23ClN6O3S/c1-10-8-27(5-4-12(10)6-15(28)14-7-13(21)11(2)24-14)20-25-16(17(31-20)19(29)30)18-22-9-23-26(18)3/h7,9-10,12,24H,4-6,8H2,1-3H3,(H,29,30)/t10-,12-/m0/s1. The number of rotatable bonds is 6. The predicted octanol–water partition coefficient (Wildman–Crippen LogP) is 3.66. The van der Waals surface area contributed by atoms with E-state index in [2.05, 4.69) is 31.9 Å². The number of aromatic nitrogens is 5. The topological polar surface area (TPSA) is 117 Å². The molecule has 1 aliphatic heterocycles. The molecule has 0 bridgehead atoms. The molecule has 4 heterocycles. The quantitative estimate of drug-likeness (QED) is 0.536. The molecule has 0 unspecified atom stereocenters. The van der Waals surface area contributed by atoms with Crippen molar-refractivity contribution in [2.75, 3.05) is 18.0 Å². The van der Waals surface area contributed by atoms with Gasteiger partial charge in [-0.15, -0.1) is 0 Å². The van der Waals surface area contributed by atoms with Gasteiger partial charge in [0.15, 0.2) is 16.7 Å². The van der Waals surface area contributed by atoms with Crippen LogP contribution in [0.2, 0.25) is 5.02 Å². The van der Waals surface area contributed by atoms with E-state index in [-0.39, 0.29) is 22.5 Å². The molecule has 164 valence electrons. The van der Waals surface area contributed by atoms with Crippen LogP contribution < -0.4 is 4.90 Å². The number of ketones is 1. The van der Waals surface area contributed by atoms with Gasteiger partial charge < -0.3 is 15.0 Å². The Morgan fingerprint density at radius 2 is 2.19 bits per heavy atom. The zero-order valence-electron chi connectivity index (χ0n) is 17.4. The van der Waals surface area contributed by atoms with Crippen molar-refractivity contribution in [2.45, 2.75) is 26.7 Å². The van der Waals surface area contributed by atoms with E-state index in [0.29, 0.717) is 46.9 Å². The average Bonchev–Trinajstić information content (AvgIpc) is 3.42. The number of piperidine rings is 1. The number of hydrogen-bond donors (Lipinski definition) is 2. The van der Waals surface area contributed by atoms with Gasteiger partial charge in [0.2, 0.25) is 0 Å². The van der Waals surface area contributed by atoms with E-state index in [1.807, 2.05) is 6.92 Å². The van der Waals surface area contributed by atoms with Crippen LogP contribution in [0.25, 0.3) is 11.5 Å². The number of nitrogens with zero attached hydrogens (tertiary/aromatic N) is 5. The van der Waals surface area contributed by atoms with Gasteiger partial charge in [-0.25, -0.2) is 19.4 Å². The second-order valence-corrected chi connectivity index (χ2v) is 9.33. The first kappa shape index (κ1) is 21.5. The second-order valence-electron chi connectivity index (χ2n) is 7.94. The first-order chi connectivity index (χ1) is 14.7. The molecule has 0 aromatic carbocycles. The van der Waals surface area contributed by atoms with Crippen LogP contribution in [0.4, 0.5) is 5.13 Å². The lowest BCUT2D eigenvalue weighted by Crippen LogP contribution is -2.40. The fourth-order valence-electron chi connectivity index (χ4n) is 3.95. The number of carbonyl (C=O) groups is 2. The third-order valence-electron chi connectivity index (χ3n) is 5.79. The van der Waals surface area contributed by atoms with Crippen LogP contribution in [0.5, 0.6) is 0 Å². The highest BCUT2D eigenvalue weighted by molar-refractivity contribution is 7.17. The van der Waals surface area contributed by atoms with Crippen LogP contribution in [-0.2, 0) is 7.05 Å². The molecule has 3 aromatic heterocycles. The molecule has 0 radical (unpaired) electrons. The van der Waals surface area contributed by atoms with Gasteiger partial charge in [0.1, 0.15) is 16.9 Å². The summed E-state index contributed by atoms with van der Waals surface area (Å²) in [5.74, 6) is -0.0567. The zero-order valence-corrected chi connectivity index (χ0v) is 19.0. The summed E-state index contributed by atoms with van der Waals surface area (Å²) in [6.45, 7) is 5.37. The molecule has 0 saturated carbocycles. The van der Waals surface area contributed by atoms with Crippen molar-refractivity contribution in [1.82, 2.24) is 24.7 Å².